The Morgan fingerprint density at radius 2 is 2.00 bits per heavy atom. The highest BCUT2D eigenvalue weighted by Crippen LogP contribution is 2.25. The highest BCUT2D eigenvalue weighted by atomic mass is 16.6. The summed E-state index contributed by atoms with van der Waals surface area (Å²) in [6.45, 7) is 4.50. The van der Waals surface area contributed by atoms with Crippen molar-refractivity contribution in [1.82, 2.24) is 4.90 Å². The number of non-ortho nitro benzene ring substituents is 1. The average molecular weight is 281 g/mol. The minimum absolute atomic E-state index is 0.0159. The van der Waals surface area contributed by atoms with Crippen LogP contribution in [0.15, 0.2) is 18.2 Å². The molecule has 1 rings (SSSR count). The van der Waals surface area contributed by atoms with Gasteiger partial charge in [0, 0.05) is 36.5 Å². The van der Waals surface area contributed by atoms with Gasteiger partial charge in [-0.2, -0.15) is 0 Å². The zero-order valence-corrected chi connectivity index (χ0v) is 12.4. The van der Waals surface area contributed by atoms with Crippen molar-refractivity contribution in [2.24, 2.45) is 0 Å². The predicted octanol–water partition coefficient (Wildman–Crippen LogP) is 1.87. The molecule has 0 aliphatic heterocycles. The molecular formula is C14H23N3O3. The van der Waals surface area contributed by atoms with Crippen LogP contribution in [-0.2, 0) is 6.61 Å². The Kier molecular flexibility index (Phi) is 6.41. The number of nitro groups is 1. The van der Waals surface area contributed by atoms with E-state index in [4.69, 9.17) is 0 Å². The van der Waals surface area contributed by atoms with Crippen LogP contribution in [0.4, 0.5) is 11.4 Å². The largest absolute Gasteiger partial charge is 0.392 e. The van der Waals surface area contributed by atoms with E-state index in [1.807, 2.05) is 21.0 Å². The molecule has 6 heteroatoms. The van der Waals surface area contributed by atoms with E-state index in [0.29, 0.717) is 5.56 Å². The van der Waals surface area contributed by atoms with Crippen LogP contribution in [0.2, 0.25) is 0 Å². The van der Waals surface area contributed by atoms with Crippen LogP contribution < -0.4 is 4.90 Å². The fourth-order valence-corrected chi connectivity index (χ4v) is 2.15. The molecule has 1 aromatic rings. The van der Waals surface area contributed by atoms with Gasteiger partial charge < -0.3 is 14.9 Å². The van der Waals surface area contributed by atoms with Crippen molar-refractivity contribution < 1.29 is 10.0 Å². The number of nitrogens with zero attached hydrogens (tertiary/aromatic N) is 3. The number of aliphatic hydroxyl groups excluding tert-OH is 1. The lowest BCUT2D eigenvalue weighted by molar-refractivity contribution is -0.384. The second kappa shape index (κ2) is 7.81. The molecule has 20 heavy (non-hydrogen) atoms. The quantitative estimate of drug-likeness (QED) is 0.582. The second-order valence-corrected chi connectivity index (χ2v) is 4.96. The lowest BCUT2D eigenvalue weighted by Gasteiger charge is -2.26. The van der Waals surface area contributed by atoms with Crippen LogP contribution in [0.1, 0.15) is 18.9 Å². The minimum atomic E-state index is -0.439. The molecule has 0 saturated carbocycles. The van der Waals surface area contributed by atoms with Gasteiger partial charge in [-0.05, 0) is 40.1 Å². The van der Waals surface area contributed by atoms with Gasteiger partial charge in [0.15, 0.2) is 0 Å². The summed E-state index contributed by atoms with van der Waals surface area (Å²) in [6.07, 6.45) is 1.00. The Hall–Kier alpha value is -1.66. The molecule has 0 heterocycles. The van der Waals surface area contributed by atoms with Crippen molar-refractivity contribution in [2.45, 2.75) is 20.0 Å². The lowest BCUT2D eigenvalue weighted by Crippen LogP contribution is -2.27. The van der Waals surface area contributed by atoms with Crippen molar-refractivity contribution in [1.29, 1.82) is 0 Å². The molecule has 0 aromatic heterocycles. The molecule has 0 saturated heterocycles. The standard InChI is InChI=1S/C14H23N3O3/c1-4-16(9-5-8-15(2)3)14-7-6-13(17(19)20)10-12(14)11-18/h6-7,10,18H,4-5,8-9,11H2,1-3H3. The maximum Gasteiger partial charge on any atom is 0.269 e. The molecule has 0 fully saturated rings. The smallest absolute Gasteiger partial charge is 0.269 e. The summed E-state index contributed by atoms with van der Waals surface area (Å²) in [6, 6.07) is 4.66. The van der Waals surface area contributed by atoms with E-state index < -0.39 is 4.92 Å². The molecule has 1 aromatic carbocycles. The van der Waals surface area contributed by atoms with Gasteiger partial charge in [-0.15, -0.1) is 0 Å². The van der Waals surface area contributed by atoms with Gasteiger partial charge >= 0.3 is 0 Å². The maximum absolute atomic E-state index is 10.8. The van der Waals surface area contributed by atoms with Gasteiger partial charge in [-0.25, -0.2) is 0 Å². The van der Waals surface area contributed by atoms with Gasteiger partial charge in [0.1, 0.15) is 0 Å². The Labute approximate surface area is 119 Å². The van der Waals surface area contributed by atoms with Crippen molar-refractivity contribution >= 4 is 11.4 Å². The third-order valence-electron chi connectivity index (χ3n) is 3.20. The molecule has 0 spiro atoms. The first-order valence-corrected chi connectivity index (χ1v) is 6.77. The molecule has 112 valence electrons. The van der Waals surface area contributed by atoms with E-state index in [-0.39, 0.29) is 12.3 Å². The molecular weight excluding hydrogens is 258 g/mol. The van der Waals surface area contributed by atoms with Crippen molar-refractivity contribution in [3.8, 4) is 0 Å². The van der Waals surface area contributed by atoms with Crippen molar-refractivity contribution in [3.05, 3.63) is 33.9 Å². The Morgan fingerprint density at radius 3 is 2.50 bits per heavy atom. The summed E-state index contributed by atoms with van der Waals surface area (Å²) in [7, 11) is 4.06. The first kappa shape index (κ1) is 16.4. The molecule has 0 aliphatic carbocycles. The molecule has 0 atom stereocenters. The fourth-order valence-electron chi connectivity index (χ4n) is 2.15. The lowest BCUT2D eigenvalue weighted by atomic mass is 10.1. The number of rotatable bonds is 8. The first-order chi connectivity index (χ1) is 9.49. The van der Waals surface area contributed by atoms with Crippen molar-refractivity contribution in [2.75, 3.05) is 38.6 Å². The van der Waals surface area contributed by atoms with Crippen LogP contribution in [-0.4, -0.2) is 48.7 Å². The summed E-state index contributed by atoms with van der Waals surface area (Å²) < 4.78 is 0. The Bertz CT molecular complexity index is 449. The highest BCUT2D eigenvalue weighted by Gasteiger charge is 2.14. The molecule has 0 bridgehead atoms. The second-order valence-electron chi connectivity index (χ2n) is 4.96. The Balaban J connectivity index is 2.88. The summed E-state index contributed by atoms with van der Waals surface area (Å²) in [5.74, 6) is 0. The number of benzene rings is 1. The average Bonchev–Trinajstić information content (AvgIpc) is 2.42. The van der Waals surface area contributed by atoms with Crippen LogP contribution in [0, 0.1) is 10.1 Å². The van der Waals surface area contributed by atoms with E-state index in [0.717, 1.165) is 31.7 Å². The van der Waals surface area contributed by atoms with Crippen LogP contribution >= 0.6 is 0 Å². The topological polar surface area (TPSA) is 69.9 Å². The number of hydrogen-bond donors (Lipinski definition) is 1. The van der Waals surface area contributed by atoms with E-state index in [1.165, 1.54) is 12.1 Å². The van der Waals surface area contributed by atoms with Gasteiger partial charge in [-0.3, -0.25) is 10.1 Å². The molecule has 0 aliphatic rings. The number of nitro benzene ring substituents is 1. The van der Waals surface area contributed by atoms with Crippen molar-refractivity contribution in [3.63, 3.8) is 0 Å². The van der Waals surface area contributed by atoms with E-state index >= 15 is 0 Å². The molecule has 0 amide bonds. The third kappa shape index (κ3) is 4.47. The normalized spacial score (nSPS) is 10.8. The van der Waals surface area contributed by atoms with Gasteiger partial charge in [-0.1, -0.05) is 0 Å². The Morgan fingerprint density at radius 1 is 1.30 bits per heavy atom. The monoisotopic (exact) mass is 281 g/mol. The minimum Gasteiger partial charge on any atom is -0.392 e. The van der Waals surface area contributed by atoms with Crippen LogP contribution in [0.5, 0.6) is 0 Å². The van der Waals surface area contributed by atoms with E-state index in [2.05, 4.69) is 9.80 Å². The van der Waals surface area contributed by atoms with Gasteiger partial charge in [0.2, 0.25) is 0 Å². The van der Waals surface area contributed by atoms with Gasteiger partial charge in [0.25, 0.3) is 5.69 Å². The molecule has 0 radical (unpaired) electrons. The summed E-state index contributed by atoms with van der Waals surface area (Å²) >= 11 is 0. The van der Waals surface area contributed by atoms with E-state index in [9.17, 15) is 15.2 Å². The maximum atomic E-state index is 10.8. The first-order valence-electron chi connectivity index (χ1n) is 6.77. The number of hydrogen-bond acceptors (Lipinski definition) is 5. The summed E-state index contributed by atoms with van der Waals surface area (Å²) in [4.78, 5) is 14.6. The molecule has 1 N–H and O–H groups in total. The summed E-state index contributed by atoms with van der Waals surface area (Å²) in [5.41, 5.74) is 1.49. The summed E-state index contributed by atoms with van der Waals surface area (Å²) in [5, 5.41) is 20.2. The van der Waals surface area contributed by atoms with E-state index in [1.54, 1.807) is 6.07 Å². The van der Waals surface area contributed by atoms with Gasteiger partial charge in [0.05, 0.1) is 11.5 Å². The number of anilines is 1. The fraction of sp³-hybridized carbons (Fsp3) is 0.571. The van der Waals surface area contributed by atoms with Crippen LogP contribution in [0.25, 0.3) is 0 Å². The zero-order chi connectivity index (χ0) is 15.1. The number of aliphatic hydroxyl groups is 1. The SMILES string of the molecule is CCN(CCCN(C)C)c1ccc([N+](=O)[O-])cc1CO. The molecule has 0 unspecified atom stereocenters. The van der Waals surface area contributed by atoms with Crippen LogP contribution in [0.3, 0.4) is 0 Å². The highest BCUT2D eigenvalue weighted by molar-refractivity contribution is 5.57. The zero-order valence-electron chi connectivity index (χ0n) is 12.4. The third-order valence-corrected chi connectivity index (χ3v) is 3.20. The predicted molar refractivity (Wildman–Crippen MR) is 80.1 cm³/mol. The molecule has 6 nitrogen and oxygen atoms in total.